The number of hydrogen-bond acceptors (Lipinski definition) is 4. The van der Waals surface area contributed by atoms with Gasteiger partial charge in [-0.15, -0.1) is 0 Å². The highest BCUT2D eigenvalue weighted by Crippen LogP contribution is 2.14. The Labute approximate surface area is 96.6 Å². The van der Waals surface area contributed by atoms with Crippen LogP contribution in [0.2, 0.25) is 0 Å². The zero-order valence-electron chi connectivity index (χ0n) is 10.0. The molecule has 1 aliphatic rings. The fourth-order valence-electron chi connectivity index (χ4n) is 1.51. The van der Waals surface area contributed by atoms with Gasteiger partial charge in [-0.2, -0.15) is 0 Å². The Morgan fingerprint density at radius 3 is 2.75 bits per heavy atom. The van der Waals surface area contributed by atoms with Crippen LogP contribution in [0.4, 0.5) is 0 Å². The van der Waals surface area contributed by atoms with Gasteiger partial charge in [0.15, 0.2) is 6.29 Å². The maximum absolute atomic E-state index is 11.1. The lowest BCUT2D eigenvalue weighted by Crippen LogP contribution is -2.24. The van der Waals surface area contributed by atoms with E-state index in [9.17, 15) is 4.79 Å². The van der Waals surface area contributed by atoms with E-state index in [4.69, 9.17) is 14.2 Å². The van der Waals surface area contributed by atoms with Crippen molar-refractivity contribution in [2.45, 2.75) is 39.4 Å². The van der Waals surface area contributed by atoms with Crippen LogP contribution in [0, 0.1) is 0 Å². The van der Waals surface area contributed by atoms with E-state index in [0.29, 0.717) is 6.61 Å². The Morgan fingerprint density at radius 2 is 2.12 bits per heavy atom. The van der Waals surface area contributed by atoms with E-state index in [1.165, 1.54) is 6.08 Å². The van der Waals surface area contributed by atoms with Gasteiger partial charge in [0.25, 0.3) is 0 Å². The largest absolute Gasteiger partial charge is 0.463 e. The number of carbonyl (C=O) groups excluding carboxylic acids is 1. The highest BCUT2D eigenvalue weighted by atomic mass is 16.7. The molecule has 1 heterocycles. The van der Waals surface area contributed by atoms with Gasteiger partial charge in [-0.1, -0.05) is 5.57 Å². The van der Waals surface area contributed by atoms with E-state index < -0.39 is 0 Å². The van der Waals surface area contributed by atoms with E-state index in [-0.39, 0.29) is 12.3 Å². The average Bonchev–Trinajstić information content (AvgIpc) is 2.28. The number of allylic oxidation sites excluding steroid dienone is 1. The van der Waals surface area contributed by atoms with Crippen LogP contribution in [0.25, 0.3) is 0 Å². The van der Waals surface area contributed by atoms with E-state index in [1.807, 2.05) is 6.92 Å². The first-order chi connectivity index (χ1) is 7.72. The third kappa shape index (κ3) is 5.28. The molecule has 1 rings (SSSR count). The zero-order valence-corrected chi connectivity index (χ0v) is 10.0. The van der Waals surface area contributed by atoms with Gasteiger partial charge in [0.05, 0.1) is 19.8 Å². The lowest BCUT2D eigenvalue weighted by Gasteiger charge is -2.23. The van der Waals surface area contributed by atoms with Gasteiger partial charge in [-0.25, -0.2) is 4.79 Å². The standard InChI is InChI=1S/C12H20O4/c1-3-14-11(13)9-10(2)5-6-12-15-7-4-8-16-12/h9,12H,3-8H2,1-2H3/b10-9+. The predicted molar refractivity (Wildman–Crippen MR) is 59.9 cm³/mol. The van der Waals surface area contributed by atoms with Crippen molar-refractivity contribution in [1.82, 2.24) is 0 Å². The zero-order chi connectivity index (χ0) is 11.8. The van der Waals surface area contributed by atoms with Crippen molar-refractivity contribution in [2.24, 2.45) is 0 Å². The van der Waals surface area contributed by atoms with Crippen molar-refractivity contribution < 1.29 is 19.0 Å². The summed E-state index contributed by atoms with van der Waals surface area (Å²) in [7, 11) is 0. The molecule has 16 heavy (non-hydrogen) atoms. The van der Waals surface area contributed by atoms with Crippen molar-refractivity contribution in [3.05, 3.63) is 11.6 Å². The number of hydrogen-bond donors (Lipinski definition) is 0. The van der Waals surface area contributed by atoms with Crippen molar-refractivity contribution in [3.63, 3.8) is 0 Å². The molecule has 4 nitrogen and oxygen atoms in total. The first-order valence-corrected chi connectivity index (χ1v) is 5.79. The molecule has 0 saturated carbocycles. The molecule has 0 N–H and O–H groups in total. The number of rotatable bonds is 5. The molecule has 0 aliphatic carbocycles. The van der Waals surface area contributed by atoms with Gasteiger partial charge in [0.1, 0.15) is 0 Å². The highest BCUT2D eigenvalue weighted by molar-refractivity contribution is 5.82. The Kier molecular flexibility index (Phi) is 6.11. The Hall–Kier alpha value is -0.870. The van der Waals surface area contributed by atoms with Gasteiger partial charge < -0.3 is 14.2 Å². The van der Waals surface area contributed by atoms with Gasteiger partial charge in [-0.05, 0) is 26.7 Å². The molecule has 0 bridgehead atoms. The second-order valence-corrected chi connectivity index (χ2v) is 3.81. The van der Waals surface area contributed by atoms with Gasteiger partial charge in [0.2, 0.25) is 0 Å². The predicted octanol–water partition coefficient (Wildman–Crippen LogP) is 2.04. The van der Waals surface area contributed by atoms with Gasteiger partial charge >= 0.3 is 5.97 Å². The molecule has 0 unspecified atom stereocenters. The molecule has 0 atom stereocenters. The van der Waals surface area contributed by atoms with Crippen molar-refractivity contribution in [2.75, 3.05) is 19.8 Å². The van der Waals surface area contributed by atoms with Crippen LogP contribution in [0.5, 0.6) is 0 Å². The summed E-state index contributed by atoms with van der Waals surface area (Å²) >= 11 is 0. The maximum atomic E-state index is 11.1. The summed E-state index contributed by atoms with van der Waals surface area (Å²) in [4.78, 5) is 11.1. The van der Waals surface area contributed by atoms with E-state index in [2.05, 4.69) is 0 Å². The SMILES string of the molecule is CCOC(=O)/C=C(\C)CCC1OCCCO1. The topological polar surface area (TPSA) is 44.8 Å². The first-order valence-electron chi connectivity index (χ1n) is 5.79. The Morgan fingerprint density at radius 1 is 1.44 bits per heavy atom. The van der Waals surface area contributed by atoms with Gasteiger partial charge in [0, 0.05) is 12.5 Å². The first kappa shape index (κ1) is 13.2. The van der Waals surface area contributed by atoms with Crippen LogP contribution < -0.4 is 0 Å². The molecule has 0 aromatic carbocycles. The van der Waals surface area contributed by atoms with E-state index >= 15 is 0 Å². The number of ether oxygens (including phenoxy) is 3. The lowest BCUT2D eigenvalue weighted by molar-refractivity contribution is -0.180. The van der Waals surface area contributed by atoms with E-state index in [0.717, 1.165) is 38.0 Å². The van der Waals surface area contributed by atoms with Crippen molar-refractivity contribution in [3.8, 4) is 0 Å². The van der Waals surface area contributed by atoms with Crippen molar-refractivity contribution in [1.29, 1.82) is 0 Å². The van der Waals surface area contributed by atoms with Crippen LogP contribution >= 0.6 is 0 Å². The molecule has 1 fully saturated rings. The maximum Gasteiger partial charge on any atom is 0.330 e. The van der Waals surface area contributed by atoms with Crippen LogP contribution in [-0.4, -0.2) is 32.1 Å². The normalized spacial score (nSPS) is 18.5. The molecule has 0 radical (unpaired) electrons. The van der Waals surface area contributed by atoms with Crippen LogP contribution in [-0.2, 0) is 19.0 Å². The molecule has 1 saturated heterocycles. The summed E-state index contributed by atoms with van der Waals surface area (Å²) in [5.41, 5.74) is 0.997. The third-order valence-electron chi connectivity index (χ3n) is 2.32. The van der Waals surface area contributed by atoms with Crippen LogP contribution in [0.15, 0.2) is 11.6 Å². The monoisotopic (exact) mass is 228 g/mol. The summed E-state index contributed by atoms with van der Waals surface area (Å²) in [6.07, 6.45) is 3.98. The second-order valence-electron chi connectivity index (χ2n) is 3.81. The third-order valence-corrected chi connectivity index (χ3v) is 2.32. The molecule has 1 aliphatic heterocycles. The number of carbonyl (C=O) groups is 1. The Bertz CT molecular complexity index is 241. The summed E-state index contributed by atoms with van der Waals surface area (Å²) in [6.45, 7) is 5.67. The lowest BCUT2D eigenvalue weighted by atomic mass is 10.1. The Balaban J connectivity index is 2.22. The molecule has 92 valence electrons. The minimum atomic E-state index is -0.273. The van der Waals surface area contributed by atoms with Crippen molar-refractivity contribution >= 4 is 5.97 Å². The highest BCUT2D eigenvalue weighted by Gasteiger charge is 2.13. The summed E-state index contributed by atoms with van der Waals surface area (Å²) in [6, 6.07) is 0. The quantitative estimate of drug-likeness (QED) is 0.533. The summed E-state index contributed by atoms with van der Waals surface area (Å²) in [5, 5.41) is 0. The minimum absolute atomic E-state index is 0.112. The molecule has 4 heteroatoms. The second kappa shape index (κ2) is 7.41. The van der Waals surface area contributed by atoms with Crippen LogP contribution in [0.3, 0.4) is 0 Å². The molecule has 0 amide bonds. The van der Waals surface area contributed by atoms with E-state index in [1.54, 1.807) is 6.92 Å². The minimum Gasteiger partial charge on any atom is -0.463 e. The molecule has 0 aromatic heterocycles. The fraction of sp³-hybridized carbons (Fsp3) is 0.750. The molecular weight excluding hydrogens is 208 g/mol. The summed E-state index contributed by atoms with van der Waals surface area (Å²) in [5.74, 6) is -0.273. The fourth-order valence-corrected chi connectivity index (χ4v) is 1.51. The molecule has 0 spiro atoms. The van der Waals surface area contributed by atoms with Gasteiger partial charge in [-0.3, -0.25) is 0 Å². The number of esters is 1. The molecule has 0 aromatic rings. The van der Waals surface area contributed by atoms with Crippen LogP contribution in [0.1, 0.15) is 33.1 Å². The smallest absolute Gasteiger partial charge is 0.330 e. The molecular formula is C12H20O4. The summed E-state index contributed by atoms with van der Waals surface area (Å²) < 4.78 is 15.7. The average molecular weight is 228 g/mol.